The molecule has 1 spiro atoms. The van der Waals surface area contributed by atoms with Gasteiger partial charge in [0.2, 0.25) is 5.91 Å². The lowest BCUT2D eigenvalue weighted by Crippen LogP contribution is -2.61. The molecule has 0 aromatic rings. The van der Waals surface area contributed by atoms with Gasteiger partial charge in [-0.2, -0.15) is 0 Å². The number of ether oxygens (including phenoxy) is 3. The molecule has 0 aromatic carbocycles. The molecule has 0 bridgehead atoms. The lowest BCUT2D eigenvalue weighted by Gasteiger charge is -2.45. The zero-order chi connectivity index (χ0) is 16.3. The fourth-order valence-electron chi connectivity index (χ4n) is 3.79. The van der Waals surface area contributed by atoms with Crippen LogP contribution in [0.1, 0.15) is 26.7 Å². The molecule has 0 N–H and O–H groups in total. The van der Waals surface area contributed by atoms with Gasteiger partial charge in [0.05, 0.1) is 26.4 Å². The minimum atomic E-state index is -0.375. The van der Waals surface area contributed by atoms with Crippen molar-refractivity contribution in [3.8, 4) is 0 Å². The van der Waals surface area contributed by atoms with Gasteiger partial charge in [0.1, 0.15) is 5.60 Å². The van der Waals surface area contributed by atoms with Gasteiger partial charge >= 0.3 is 0 Å². The standard InChI is InChI=1S/C17H30N2O4/c1-14(2)18-5-9-22-13-17(11-18)12-19(6-10-23-17)16(20)15-3-7-21-8-4-15/h14-15H,3-13H2,1-2H3. The highest BCUT2D eigenvalue weighted by atomic mass is 16.5. The Hall–Kier alpha value is -0.690. The van der Waals surface area contributed by atoms with Crippen molar-refractivity contribution in [1.82, 2.24) is 9.80 Å². The number of morpholine rings is 1. The summed E-state index contributed by atoms with van der Waals surface area (Å²) in [4.78, 5) is 17.2. The molecule has 23 heavy (non-hydrogen) atoms. The van der Waals surface area contributed by atoms with Crippen LogP contribution in [0.15, 0.2) is 0 Å². The molecule has 0 saturated carbocycles. The molecule has 1 unspecified atom stereocenters. The zero-order valence-electron chi connectivity index (χ0n) is 14.5. The van der Waals surface area contributed by atoms with Crippen LogP contribution < -0.4 is 0 Å². The Morgan fingerprint density at radius 1 is 1.04 bits per heavy atom. The lowest BCUT2D eigenvalue weighted by molar-refractivity contribution is -0.167. The summed E-state index contributed by atoms with van der Waals surface area (Å²) in [6.45, 7) is 10.8. The summed E-state index contributed by atoms with van der Waals surface area (Å²) >= 11 is 0. The van der Waals surface area contributed by atoms with Gasteiger partial charge in [0.25, 0.3) is 0 Å². The second kappa shape index (κ2) is 7.47. The molecule has 0 aromatic heterocycles. The Morgan fingerprint density at radius 2 is 1.83 bits per heavy atom. The summed E-state index contributed by atoms with van der Waals surface area (Å²) < 4.78 is 17.3. The van der Waals surface area contributed by atoms with Crippen molar-refractivity contribution in [1.29, 1.82) is 0 Å². The number of hydrogen-bond acceptors (Lipinski definition) is 5. The molecule has 3 fully saturated rings. The molecular weight excluding hydrogens is 296 g/mol. The van der Waals surface area contributed by atoms with Crippen molar-refractivity contribution in [2.45, 2.75) is 38.3 Å². The van der Waals surface area contributed by atoms with E-state index in [1.807, 2.05) is 4.90 Å². The average Bonchev–Trinajstić information content (AvgIpc) is 2.78. The van der Waals surface area contributed by atoms with Gasteiger partial charge < -0.3 is 19.1 Å². The van der Waals surface area contributed by atoms with Crippen molar-refractivity contribution in [3.63, 3.8) is 0 Å². The highest BCUT2D eigenvalue weighted by Gasteiger charge is 2.43. The Labute approximate surface area is 139 Å². The van der Waals surface area contributed by atoms with Crippen molar-refractivity contribution >= 4 is 5.91 Å². The second-order valence-electron chi connectivity index (χ2n) is 7.29. The van der Waals surface area contributed by atoms with Gasteiger partial charge in [-0.1, -0.05) is 0 Å². The molecule has 3 aliphatic heterocycles. The average molecular weight is 326 g/mol. The first-order valence-electron chi connectivity index (χ1n) is 8.92. The molecule has 3 heterocycles. The van der Waals surface area contributed by atoms with Crippen LogP contribution in [0, 0.1) is 5.92 Å². The van der Waals surface area contributed by atoms with Crippen molar-refractivity contribution in [2.75, 3.05) is 59.2 Å². The van der Waals surface area contributed by atoms with E-state index in [2.05, 4.69) is 18.7 Å². The van der Waals surface area contributed by atoms with E-state index in [0.717, 1.165) is 32.5 Å². The van der Waals surface area contributed by atoms with Crippen LogP contribution in [-0.4, -0.2) is 86.6 Å². The monoisotopic (exact) mass is 326 g/mol. The molecule has 6 nitrogen and oxygen atoms in total. The first kappa shape index (κ1) is 17.1. The summed E-state index contributed by atoms with van der Waals surface area (Å²) in [5.41, 5.74) is -0.375. The summed E-state index contributed by atoms with van der Waals surface area (Å²) in [5.74, 6) is 0.392. The number of rotatable bonds is 2. The van der Waals surface area contributed by atoms with Crippen molar-refractivity contribution in [3.05, 3.63) is 0 Å². The van der Waals surface area contributed by atoms with Gasteiger partial charge in [-0.15, -0.1) is 0 Å². The molecule has 3 saturated heterocycles. The molecule has 3 aliphatic rings. The van der Waals surface area contributed by atoms with E-state index in [4.69, 9.17) is 14.2 Å². The second-order valence-corrected chi connectivity index (χ2v) is 7.29. The predicted octanol–water partition coefficient (Wildman–Crippen LogP) is 0.751. The highest BCUT2D eigenvalue weighted by Crippen LogP contribution is 2.26. The van der Waals surface area contributed by atoms with Crippen LogP contribution in [0.25, 0.3) is 0 Å². The summed E-state index contributed by atoms with van der Waals surface area (Å²) in [7, 11) is 0. The number of amides is 1. The van der Waals surface area contributed by atoms with Crippen LogP contribution >= 0.6 is 0 Å². The number of nitrogens with zero attached hydrogens (tertiary/aromatic N) is 2. The van der Waals surface area contributed by atoms with Crippen LogP contribution in [0.3, 0.4) is 0 Å². The largest absolute Gasteiger partial charge is 0.381 e. The van der Waals surface area contributed by atoms with Gasteiger partial charge in [0, 0.05) is 44.8 Å². The fourth-order valence-corrected chi connectivity index (χ4v) is 3.79. The third kappa shape index (κ3) is 4.05. The van der Waals surface area contributed by atoms with E-state index in [-0.39, 0.29) is 17.4 Å². The van der Waals surface area contributed by atoms with Crippen LogP contribution in [-0.2, 0) is 19.0 Å². The van der Waals surface area contributed by atoms with E-state index in [1.165, 1.54) is 0 Å². The fraction of sp³-hybridized carbons (Fsp3) is 0.941. The summed E-state index contributed by atoms with van der Waals surface area (Å²) in [6, 6.07) is 0.457. The Morgan fingerprint density at radius 3 is 2.57 bits per heavy atom. The molecule has 6 heteroatoms. The third-order valence-electron chi connectivity index (χ3n) is 5.24. The van der Waals surface area contributed by atoms with Crippen LogP contribution in [0.4, 0.5) is 0 Å². The maximum absolute atomic E-state index is 12.8. The minimum absolute atomic E-state index is 0.117. The first-order valence-corrected chi connectivity index (χ1v) is 8.92. The van der Waals surface area contributed by atoms with Crippen LogP contribution in [0.2, 0.25) is 0 Å². The summed E-state index contributed by atoms with van der Waals surface area (Å²) in [5, 5.41) is 0. The van der Waals surface area contributed by atoms with Gasteiger partial charge in [-0.05, 0) is 26.7 Å². The molecule has 0 radical (unpaired) electrons. The third-order valence-corrected chi connectivity index (χ3v) is 5.24. The molecule has 0 aliphatic carbocycles. The van der Waals surface area contributed by atoms with Gasteiger partial charge in [-0.25, -0.2) is 0 Å². The zero-order valence-corrected chi connectivity index (χ0v) is 14.5. The maximum atomic E-state index is 12.8. The molecule has 132 valence electrons. The Balaban J connectivity index is 1.67. The van der Waals surface area contributed by atoms with Crippen molar-refractivity contribution in [2.24, 2.45) is 5.92 Å². The molecule has 3 rings (SSSR count). The number of hydrogen-bond donors (Lipinski definition) is 0. The SMILES string of the molecule is CC(C)N1CCOCC2(CN(C(=O)C3CCOCC3)CCO2)C1. The summed E-state index contributed by atoms with van der Waals surface area (Å²) in [6.07, 6.45) is 1.69. The lowest BCUT2D eigenvalue weighted by atomic mass is 9.95. The normalized spacial score (nSPS) is 31.5. The van der Waals surface area contributed by atoms with Crippen molar-refractivity contribution < 1.29 is 19.0 Å². The highest BCUT2D eigenvalue weighted by molar-refractivity contribution is 5.79. The van der Waals surface area contributed by atoms with E-state index < -0.39 is 0 Å². The van der Waals surface area contributed by atoms with E-state index in [1.54, 1.807) is 0 Å². The molecule has 1 atom stereocenters. The maximum Gasteiger partial charge on any atom is 0.226 e. The van der Waals surface area contributed by atoms with Crippen LogP contribution in [0.5, 0.6) is 0 Å². The minimum Gasteiger partial charge on any atom is -0.381 e. The number of carbonyl (C=O) groups excluding carboxylic acids is 1. The topological polar surface area (TPSA) is 51.2 Å². The quantitative estimate of drug-likeness (QED) is 0.750. The molecule has 1 amide bonds. The van der Waals surface area contributed by atoms with Gasteiger partial charge in [0.15, 0.2) is 0 Å². The molecular formula is C17H30N2O4. The predicted molar refractivity (Wildman–Crippen MR) is 86.3 cm³/mol. The number of carbonyl (C=O) groups is 1. The Kier molecular flexibility index (Phi) is 5.57. The van der Waals surface area contributed by atoms with E-state index in [9.17, 15) is 4.79 Å². The van der Waals surface area contributed by atoms with E-state index >= 15 is 0 Å². The smallest absolute Gasteiger partial charge is 0.226 e. The van der Waals surface area contributed by atoms with Gasteiger partial charge in [-0.3, -0.25) is 9.69 Å². The van der Waals surface area contributed by atoms with E-state index in [0.29, 0.717) is 45.6 Å². The Bertz CT molecular complexity index is 411. The first-order chi connectivity index (χ1) is 11.1.